The molecule has 5 heteroatoms. The molecule has 0 radical (unpaired) electrons. The molecule has 5 nitrogen and oxygen atoms in total. The third-order valence-corrected chi connectivity index (χ3v) is 6.02. The summed E-state index contributed by atoms with van der Waals surface area (Å²) in [6.45, 7) is 3.90. The molecule has 2 aliphatic heterocycles. The maximum Gasteiger partial charge on any atom is 0.251 e. The van der Waals surface area contributed by atoms with E-state index in [1.54, 1.807) is 0 Å². The zero-order valence-electron chi connectivity index (χ0n) is 14.2. The number of benzene rings is 1. The van der Waals surface area contributed by atoms with E-state index in [0.29, 0.717) is 17.8 Å². The fraction of sp³-hybridized carbons (Fsp3) is 0.400. The monoisotopic (exact) mass is 334 g/mol. The Morgan fingerprint density at radius 1 is 1.20 bits per heavy atom. The Balaban J connectivity index is 1.34. The minimum absolute atomic E-state index is 0.00292. The van der Waals surface area contributed by atoms with Crippen LogP contribution < -0.4 is 11.1 Å². The largest absolute Gasteiger partial charge is 0.383 e. The third-order valence-electron chi connectivity index (χ3n) is 6.02. The molecule has 3 aliphatic rings. The highest BCUT2D eigenvalue weighted by molar-refractivity contribution is 5.98. The second-order valence-corrected chi connectivity index (χ2v) is 7.79. The summed E-state index contributed by atoms with van der Waals surface area (Å²) in [5, 5.41) is 2.85. The Bertz CT molecular complexity index is 864. The molecule has 3 N–H and O–H groups in total. The van der Waals surface area contributed by atoms with Gasteiger partial charge < -0.3 is 11.1 Å². The molecule has 2 aromatic rings. The van der Waals surface area contributed by atoms with Gasteiger partial charge in [0.15, 0.2) is 0 Å². The second kappa shape index (κ2) is 5.30. The van der Waals surface area contributed by atoms with E-state index in [-0.39, 0.29) is 5.91 Å². The molecule has 5 rings (SSSR count). The van der Waals surface area contributed by atoms with Crippen molar-refractivity contribution in [1.29, 1.82) is 0 Å². The first-order valence-electron chi connectivity index (χ1n) is 9.01. The maximum absolute atomic E-state index is 11.7. The van der Waals surface area contributed by atoms with Gasteiger partial charge in [0.05, 0.1) is 5.69 Å². The number of anilines is 1. The lowest BCUT2D eigenvalue weighted by molar-refractivity contribution is -0.0644. The highest BCUT2D eigenvalue weighted by atomic mass is 16.1. The van der Waals surface area contributed by atoms with Crippen LogP contribution in [-0.2, 0) is 13.1 Å². The summed E-state index contributed by atoms with van der Waals surface area (Å²) in [5.41, 5.74) is 11.6. The van der Waals surface area contributed by atoms with Crippen molar-refractivity contribution < 1.29 is 4.79 Å². The molecule has 0 atom stereocenters. The molecular formula is C20H22N4O. The predicted octanol–water partition coefficient (Wildman–Crippen LogP) is 2.56. The number of carbonyl (C=O) groups is 1. The summed E-state index contributed by atoms with van der Waals surface area (Å²) in [6, 6.07) is 9.99. The molecule has 128 valence electrons. The number of nitrogens with zero attached hydrogens (tertiary/aromatic N) is 2. The quantitative estimate of drug-likeness (QED) is 0.905. The molecule has 0 unspecified atom stereocenters. The van der Waals surface area contributed by atoms with Crippen LogP contribution >= 0.6 is 0 Å². The fourth-order valence-electron chi connectivity index (χ4n) is 4.44. The highest BCUT2D eigenvalue weighted by Crippen LogP contribution is 2.48. The zero-order valence-corrected chi connectivity index (χ0v) is 14.2. The topological polar surface area (TPSA) is 71.2 Å². The van der Waals surface area contributed by atoms with Crippen molar-refractivity contribution in [3.8, 4) is 11.3 Å². The van der Waals surface area contributed by atoms with Gasteiger partial charge in [-0.1, -0.05) is 18.6 Å². The zero-order chi connectivity index (χ0) is 17.0. The van der Waals surface area contributed by atoms with Crippen LogP contribution in [0.4, 0.5) is 5.82 Å². The summed E-state index contributed by atoms with van der Waals surface area (Å²) in [6.07, 6.45) is 4.19. The molecule has 1 aromatic heterocycles. The van der Waals surface area contributed by atoms with Crippen molar-refractivity contribution in [2.75, 3.05) is 18.8 Å². The molecule has 2 fully saturated rings. The fourth-order valence-corrected chi connectivity index (χ4v) is 4.44. The molecule has 1 amide bonds. The molecular weight excluding hydrogens is 312 g/mol. The first kappa shape index (κ1) is 14.9. The molecule has 1 aliphatic carbocycles. The number of fused-ring (bicyclic) bond motifs is 1. The number of nitrogens with one attached hydrogen (secondary N) is 1. The third kappa shape index (κ3) is 2.42. The van der Waals surface area contributed by atoms with Gasteiger partial charge in [-0.2, -0.15) is 0 Å². The normalized spacial score (nSPS) is 20.7. The number of hydrogen-bond acceptors (Lipinski definition) is 4. The van der Waals surface area contributed by atoms with E-state index in [1.807, 2.05) is 24.3 Å². The van der Waals surface area contributed by atoms with Crippen LogP contribution in [0.1, 0.15) is 40.7 Å². The number of carbonyl (C=O) groups excluding carboxylic acids is 1. The van der Waals surface area contributed by atoms with Gasteiger partial charge in [0, 0.05) is 42.9 Å². The van der Waals surface area contributed by atoms with Crippen molar-refractivity contribution in [3.05, 3.63) is 47.0 Å². The van der Waals surface area contributed by atoms with Crippen molar-refractivity contribution in [3.63, 3.8) is 0 Å². The van der Waals surface area contributed by atoms with Gasteiger partial charge in [-0.05, 0) is 42.0 Å². The van der Waals surface area contributed by atoms with Gasteiger partial charge in [0.2, 0.25) is 0 Å². The molecule has 1 saturated carbocycles. The number of rotatable bonds is 3. The number of pyridine rings is 1. The lowest BCUT2D eigenvalue weighted by Gasteiger charge is -2.56. The van der Waals surface area contributed by atoms with Gasteiger partial charge in [-0.25, -0.2) is 4.98 Å². The number of likely N-dealkylation sites (tertiary alicyclic amines) is 1. The number of amides is 1. The van der Waals surface area contributed by atoms with Gasteiger partial charge >= 0.3 is 0 Å². The number of hydrogen-bond donors (Lipinski definition) is 2. The molecule has 1 spiro atoms. The summed E-state index contributed by atoms with van der Waals surface area (Å²) in [7, 11) is 0. The Morgan fingerprint density at radius 3 is 2.76 bits per heavy atom. The first-order valence-corrected chi connectivity index (χ1v) is 9.01. The van der Waals surface area contributed by atoms with Crippen LogP contribution in [0.25, 0.3) is 11.3 Å². The lowest BCUT2D eigenvalue weighted by atomic mass is 9.63. The first-order chi connectivity index (χ1) is 12.1. The van der Waals surface area contributed by atoms with Gasteiger partial charge in [-0.15, -0.1) is 0 Å². The number of aromatic nitrogens is 1. The van der Waals surface area contributed by atoms with Crippen LogP contribution in [0.3, 0.4) is 0 Å². The van der Waals surface area contributed by atoms with Gasteiger partial charge in [0.1, 0.15) is 5.82 Å². The predicted molar refractivity (Wildman–Crippen MR) is 96.8 cm³/mol. The van der Waals surface area contributed by atoms with Crippen LogP contribution in [0.15, 0.2) is 30.3 Å². The molecule has 1 aromatic carbocycles. The Morgan fingerprint density at radius 2 is 2.04 bits per heavy atom. The average molecular weight is 334 g/mol. The van der Waals surface area contributed by atoms with Gasteiger partial charge in [0.25, 0.3) is 5.91 Å². The van der Waals surface area contributed by atoms with Crippen LogP contribution in [-0.4, -0.2) is 28.9 Å². The number of nitrogen functional groups attached to an aromatic ring is 1. The summed E-state index contributed by atoms with van der Waals surface area (Å²) < 4.78 is 0. The van der Waals surface area contributed by atoms with Crippen molar-refractivity contribution >= 4 is 11.7 Å². The van der Waals surface area contributed by atoms with E-state index >= 15 is 0 Å². The van der Waals surface area contributed by atoms with E-state index in [9.17, 15) is 4.79 Å². The minimum Gasteiger partial charge on any atom is -0.383 e. The standard InChI is InChI=1S/C20H22N4O/c21-18-14(10-24-11-20(12-24)6-1-7-20)3-5-17(23-18)13-2-4-16-15(8-13)9-22-19(16)25/h2-5,8H,1,6-7,9-12H2,(H2,21,23)(H,22,25). The van der Waals surface area contributed by atoms with Crippen LogP contribution in [0, 0.1) is 5.41 Å². The van der Waals surface area contributed by atoms with Crippen molar-refractivity contribution in [2.45, 2.75) is 32.4 Å². The van der Waals surface area contributed by atoms with Crippen LogP contribution in [0.2, 0.25) is 0 Å². The second-order valence-electron chi connectivity index (χ2n) is 7.79. The molecule has 1 saturated heterocycles. The van der Waals surface area contributed by atoms with E-state index in [1.165, 1.54) is 32.4 Å². The lowest BCUT2D eigenvalue weighted by Crippen LogP contribution is -2.58. The Hall–Kier alpha value is -2.40. The maximum atomic E-state index is 11.7. The Kier molecular flexibility index (Phi) is 3.16. The van der Waals surface area contributed by atoms with Crippen LogP contribution in [0.5, 0.6) is 0 Å². The van der Waals surface area contributed by atoms with E-state index in [0.717, 1.165) is 34.5 Å². The van der Waals surface area contributed by atoms with Crippen molar-refractivity contribution in [1.82, 2.24) is 15.2 Å². The van der Waals surface area contributed by atoms with E-state index in [2.05, 4.69) is 21.3 Å². The SMILES string of the molecule is Nc1nc(-c2ccc3c(c2)CNC3=O)ccc1CN1CC2(CCC2)C1. The average Bonchev–Trinajstić information content (AvgIpc) is 2.90. The van der Waals surface area contributed by atoms with Crippen molar-refractivity contribution in [2.24, 2.45) is 5.41 Å². The van der Waals surface area contributed by atoms with E-state index in [4.69, 9.17) is 5.73 Å². The summed E-state index contributed by atoms with van der Waals surface area (Å²) >= 11 is 0. The summed E-state index contributed by atoms with van der Waals surface area (Å²) in [4.78, 5) is 18.8. The molecule has 0 bridgehead atoms. The summed E-state index contributed by atoms with van der Waals surface area (Å²) in [5.74, 6) is 0.616. The number of nitrogens with two attached hydrogens (primary N) is 1. The van der Waals surface area contributed by atoms with E-state index < -0.39 is 0 Å². The molecule has 25 heavy (non-hydrogen) atoms. The highest BCUT2D eigenvalue weighted by Gasteiger charge is 2.46. The minimum atomic E-state index is 0.00292. The molecule has 3 heterocycles. The van der Waals surface area contributed by atoms with Gasteiger partial charge in [-0.3, -0.25) is 9.69 Å². The Labute approximate surface area is 147 Å². The smallest absolute Gasteiger partial charge is 0.251 e.